The van der Waals surface area contributed by atoms with E-state index in [1.54, 1.807) is 12.1 Å². The van der Waals surface area contributed by atoms with Gasteiger partial charge < -0.3 is 9.12 Å². The first-order chi connectivity index (χ1) is 16.8. The first-order valence-corrected chi connectivity index (χ1v) is 12.7. The largest absolute Gasteiger partial charge is 0.748 e. The van der Waals surface area contributed by atoms with Crippen molar-refractivity contribution in [2.75, 3.05) is 13.3 Å². The van der Waals surface area contributed by atoms with Crippen molar-refractivity contribution in [2.45, 2.75) is 6.18 Å². The highest BCUT2D eigenvalue weighted by molar-refractivity contribution is 7.84. The lowest BCUT2D eigenvalue weighted by Crippen LogP contribution is -2.04. The number of nitrogens with zero attached hydrogens (tertiary/aromatic N) is 2. The summed E-state index contributed by atoms with van der Waals surface area (Å²) in [7, 11) is 0.0542. The van der Waals surface area contributed by atoms with Gasteiger partial charge in [0.1, 0.15) is 7.05 Å². The maximum atomic E-state index is 13.2. The van der Waals surface area contributed by atoms with E-state index in [1.807, 2.05) is 50.5 Å². The van der Waals surface area contributed by atoms with Crippen LogP contribution in [0.4, 0.5) is 18.9 Å². The van der Waals surface area contributed by atoms with E-state index in [-0.39, 0.29) is 0 Å². The third-order valence-corrected chi connectivity index (χ3v) is 5.83. The topological polar surface area (TPSA) is 65.1 Å². The molecule has 0 amide bonds. The van der Waals surface area contributed by atoms with Crippen LogP contribution in [0.25, 0.3) is 22.0 Å². The zero-order chi connectivity index (χ0) is 26.3. The van der Waals surface area contributed by atoms with E-state index in [2.05, 4.69) is 33.7 Å². The minimum absolute atomic E-state index is 0.604. The number of aryl methyl sites for hydroxylation is 1. The number of benzene rings is 3. The number of hydrogen-bond acceptors (Lipinski definition) is 3. The van der Waals surface area contributed by atoms with Crippen molar-refractivity contribution in [3.63, 3.8) is 0 Å². The van der Waals surface area contributed by atoms with Crippen LogP contribution in [-0.2, 0) is 23.3 Å². The van der Waals surface area contributed by atoms with Gasteiger partial charge in [-0.3, -0.25) is 0 Å². The fraction of sp³-hybridized carbons (Fsp3) is 0.148. The number of halogens is 3. The summed E-state index contributed by atoms with van der Waals surface area (Å²) in [5.41, 5.74) is 6.22. The van der Waals surface area contributed by atoms with Gasteiger partial charge in [-0.25, -0.2) is 13.0 Å². The molecule has 0 aliphatic carbocycles. The monoisotopic (exact) mass is 512 g/mol. The van der Waals surface area contributed by atoms with Gasteiger partial charge in [-0.1, -0.05) is 42.5 Å². The van der Waals surface area contributed by atoms with E-state index in [0.717, 1.165) is 56.6 Å². The Hall–Kier alpha value is -3.69. The maximum absolute atomic E-state index is 13.2. The van der Waals surface area contributed by atoms with Crippen molar-refractivity contribution in [3.8, 4) is 0 Å². The quantitative estimate of drug-likeness (QED) is 0.257. The average Bonchev–Trinajstić information content (AvgIpc) is 3.31. The van der Waals surface area contributed by atoms with Gasteiger partial charge in [0.05, 0.1) is 26.8 Å². The Morgan fingerprint density at radius 2 is 1.53 bits per heavy atom. The fourth-order valence-electron chi connectivity index (χ4n) is 4.36. The van der Waals surface area contributed by atoms with E-state index in [0.29, 0.717) is 6.26 Å². The van der Waals surface area contributed by atoms with Gasteiger partial charge in [-0.15, -0.1) is 0 Å². The second kappa shape index (κ2) is 9.40. The smallest absolute Gasteiger partial charge is 0.416 e. The van der Waals surface area contributed by atoms with Crippen LogP contribution in [0.2, 0.25) is 0 Å². The molecule has 1 aromatic heterocycles. The van der Waals surface area contributed by atoms with Gasteiger partial charge in [-0.05, 0) is 29.8 Å². The van der Waals surface area contributed by atoms with E-state index in [4.69, 9.17) is 13.0 Å². The minimum Gasteiger partial charge on any atom is -0.748 e. The molecule has 4 aromatic rings. The first-order valence-electron chi connectivity index (χ1n) is 10.9. The number of rotatable bonds is 2. The van der Waals surface area contributed by atoms with Gasteiger partial charge in [0.25, 0.3) is 0 Å². The minimum atomic E-state index is -4.36. The summed E-state index contributed by atoms with van der Waals surface area (Å²) in [5.74, 6) is 0. The van der Waals surface area contributed by atoms with Gasteiger partial charge >= 0.3 is 6.18 Å². The molecule has 186 valence electrons. The molecule has 0 atom stereocenters. The van der Waals surface area contributed by atoms with Gasteiger partial charge in [0, 0.05) is 47.6 Å². The van der Waals surface area contributed by atoms with E-state index >= 15 is 0 Å². The van der Waals surface area contributed by atoms with Crippen molar-refractivity contribution in [1.82, 2.24) is 4.57 Å². The average molecular weight is 513 g/mol. The molecule has 5 nitrogen and oxygen atoms in total. The molecule has 0 N–H and O–H groups in total. The van der Waals surface area contributed by atoms with Gasteiger partial charge in [0.15, 0.2) is 6.21 Å². The third-order valence-electron chi connectivity index (χ3n) is 5.83. The molecule has 5 rings (SSSR count). The summed E-state index contributed by atoms with van der Waals surface area (Å²) in [6, 6.07) is 21.6. The van der Waals surface area contributed by atoms with Crippen molar-refractivity contribution in [2.24, 2.45) is 7.05 Å². The molecular formula is C27H23F3N2O3S. The molecule has 0 saturated carbocycles. The summed E-state index contributed by atoms with van der Waals surface area (Å²) in [6.45, 7) is 0. The van der Waals surface area contributed by atoms with Crippen LogP contribution in [0.1, 0.15) is 22.3 Å². The van der Waals surface area contributed by atoms with Crippen LogP contribution in [-0.4, -0.2) is 41.6 Å². The summed E-state index contributed by atoms with van der Waals surface area (Å²) in [6.07, 6.45) is 0.351. The third kappa shape index (κ3) is 5.27. The molecule has 1 aliphatic heterocycles. The van der Waals surface area contributed by atoms with Crippen LogP contribution in [0.3, 0.4) is 0 Å². The molecule has 9 heteroatoms. The summed E-state index contributed by atoms with van der Waals surface area (Å²) < 4.78 is 70.9. The molecule has 0 bridgehead atoms. The maximum Gasteiger partial charge on any atom is 0.416 e. The molecular weight excluding hydrogens is 489 g/mol. The zero-order valence-corrected chi connectivity index (χ0v) is 20.6. The second-order valence-corrected chi connectivity index (χ2v) is 9.90. The number of aromatic nitrogens is 1. The van der Waals surface area contributed by atoms with Crippen molar-refractivity contribution >= 4 is 44.1 Å². The normalized spacial score (nSPS) is 14.7. The van der Waals surface area contributed by atoms with Crippen LogP contribution < -0.4 is 0 Å². The molecule has 0 unspecified atom stereocenters. The van der Waals surface area contributed by atoms with Crippen LogP contribution >= 0.6 is 0 Å². The molecule has 0 spiro atoms. The van der Waals surface area contributed by atoms with Gasteiger partial charge in [0.2, 0.25) is 5.69 Å². The Balaban J connectivity index is 0.000000556. The van der Waals surface area contributed by atoms with E-state index in [1.165, 1.54) is 0 Å². The molecule has 36 heavy (non-hydrogen) atoms. The summed E-state index contributed by atoms with van der Waals surface area (Å²) in [4.78, 5) is 0. The predicted octanol–water partition coefficient (Wildman–Crippen LogP) is 5.68. The van der Waals surface area contributed by atoms with Gasteiger partial charge in [-0.2, -0.15) is 13.2 Å². The molecule has 0 fully saturated rings. The fourth-order valence-corrected chi connectivity index (χ4v) is 4.36. The Morgan fingerprint density at radius 3 is 2.17 bits per heavy atom. The molecule has 1 aliphatic rings. The van der Waals surface area contributed by atoms with E-state index < -0.39 is 21.9 Å². The lowest BCUT2D eigenvalue weighted by atomic mass is 9.89. The van der Waals surface area contributed by atoms with Crippen molar-refractivity contribution in [1.29, 1.82) is 0 Å². The number of hydrogen-bond donors (Lipinski definition) is 0. The molecule has 2 heterocycles. The van der Waals surface area contributed by atoms with Crippen LogP contribution in [0.5, 0.6) is 0 Å². The Morgan fingerprint density at radius 1 is 0.944 bits per heavy atom. The zero-order valence-electron chi connectivity index (χ0n) is 19.7. The number of allylic oxidation sites excluding steroid dienone is 1. The highest BCUT2D eigenvalue weighted by atomic mass is 32.2. The second-order valence-electron chi connectivity index (χ2n) is 8.50. The lowest BCUT2D eigenvalue weighted by molar-refractivity contribution is -0.395. The highest BCUT2D eigenvalue weighted by Crippen LogP contribution is 2.41. The van der Waals surface area contributed by atoms with Crippen molar-refractivity contribution < 1.29 is 30.7 Å². The summed E-state index contributed by atoms with van der Waals surface area (Å²) >= 11 is 0. The van der Waals surface area contributed by atoms with E-state index in [9.17, 15) is 13.2 Å². The molecule has 0 saturated heterocycles. The number of para-hydroxylation sites is 2. The number of fused-ring (bicyclic) bond motifs is 2. The SMILES string of the molecule is CS(=O)(=O)[O-].Cn1cc(/C(=C2\C=[N+](C)c3ccccc32)c2ccc(C(F)(F)F)cc2)c2ccccc21. The summed E-state index contributed by atoms with van der Waals surface area (Å²) in [5, 5.41) is 1.06. The Kier molecular flexibility index (Phi) is 6.64. The van der Waals surface area contributed by atoms with Crippen LogP contribution in [0.15, 0.2) is 79.0 Å². The highest BCUT2D eigenvalue weighted by Gasteiger charge is 2.31. The standard InChI is InChI=1S/C26H20F3N2.CH4O3S/c1-30-15-21(19-7-3-5-9-23(19)30)25(17-11-13-18(14-12-17)26(27,28)29)22-16-31(2)24-10-6-4-8-20(22)24;1-5(2,3)4/h3-16H,1-2H3;1H3,(H,2,3,4)/q+1;/p-1. The molecule has 3 aromatic carbocycles. The lowest BCUT2D eigenvalue weighted by Gasteiger charge is -2.12. The van der Waals surface area contributed by atoms with Crippen molar-refractivity contribution in [3.05, 3.63) is 101 Å². The first kappa shape index (κ1) is 25.4. The molecule has 0 radical (unpaired) electrons. The Bertz CT molecular complexity index is 1610. The Labute approximate surface area is 207 Å². The predicted molar refractivity (Wildman–Crippen MR) is 134 cm³/mol. The number of alkyl halides is 3. The van der Waals surface area contributed by atoms with Crippen LogP contribution in [0, 0.1) is 0 Å².